The second kappa shape index (κ2) is 8.49. The molecule has 3 aliphatic heterocycles. The molecule has 0 saturated carbocycles. The third kappa shape index (κ3) is 4.15. The number of hydrogen-bond acceptors (Lipinski definition) is 5. The number of fused-ring (bicyclic) bond motifs is 1. The Bertz CT molecular complexity index is 726. The van der Waals surface area contributed by atoms with Crippen LogP contribution in [0.25, 0.3) is 0 Å². The molecule has 7 nitrogen and oxygen atoms in total. The molecule has 0 bridgehead atoms. The zero-order chi connectivity index (χ0) is 19.5. The van der Waals surface area contributed by atoms with Crippen LogP contribution in [0.15, 0.2) is 18.2 Å². The van der Waals surface area contributed by atoms with Crippen molar-refractivity contribution in [3.63, 3.8) is 0 Å². The molecule has 3 heterocycles. The lowest BCUT2D eigenvalue weighted by Gasteiger charge is -2.35. The van der Waals surface area contributed by atoms with Crippen LogP contribution >= 0.6 is 0 Å². The number of benzene rings is 1. The molecular weight excluding hydrogens is 358 g/mol. The molecule has 2 fully saturated rings. The fourth-order valence-electron chi connectivity index (χ4n) is 4.15. The van der Waals surface area contributed by atoms with Crippen LogP contribution < -0.4 is 15.0 Å². The fraction of sp³-hybridized carbons (Fsp3) is 0.619. The zero-order valence-electron chi connectivity index (χ0n) is 16.5. The molecule has 2 unspecified atom stereocenters. The Morgan fingerprint density at radius 1 is 1.18 bits per heavy atom. The Labute approximate surface area is 166 Å². The summed E-state index contributed by atoms with van der Waals surface area (Å²) in [6.07, 6.45) is 4.52. The van der Waals surface area contributed by atoms with Gasteiger partial charge in [-0.05, 0) is 63.9 Å². The highest BCUT2D eigenvalue weighted by Crippen LogP contribution is 2.36. The molecule has 1 N–H and O–H groups in total. The van der Waals surface area contributed by atoms with Gasteiger partial charge >= 0.3 is 0 Å². The van der Waals surface area contributed by atoms with E-state index in [1.54, 1.807) is 11.8 Å². The van der Waals surface area contributed by atoms with E-state index >= 15 is 0 Å². The minimum absolute atomic E-state index is 0.0351. The monoisotopic (exact) mass is 387 g/mol. The third-order valence-electron chi connectivity index (χ3n) is 5.75. The van der Waals surface area contributed by atoms with Crippen LogP contribution in [0.3, 0.4) is 0 Å². The van der Waals surface area contributed by atoms with Gasteiger partial charge in [0.2, 0.25) is 0 Å². The first-order valence-corrected chi connectivity index (χ1v) is 10.4. The summed E-state index contributed by atoms with van der Waals surface area (Å²) >= 11 is 0. The van der Waals surface area contributed by atoms with Gasteiger partial charge in [-0.25, -0.2) is 0 Å². The van der Waals surface area contributed by atoms with Crippen molar-refractivity contribution in [1.82, 2.24) is 4.90 Å². The number of rotatable bonds is 5. The number of carbonyl (C=O) groups excluding carboxylic acids is 2. The maximum absolute atomic E-state index is 12.8. The first-order valence-electron chi connectivity index (χ1n) is 10.4. The largest absolute Gasteiger partial charge is 0.479 e. The van der Waals surface area contributed by atoms with Crippen molar-refractivity contribution in [2.45, 2.75) is 51.2 Å². The van der Waals surface area contributed by atoms with Crippen LogP contribution in [0.1, 0.15) is 39.0 Å². The average molecular weight is 387 g/mol. The summed E-state index contributed by atoms with van der Waals surface area (Å²) < 4.78 is 11.2. The minimum Gasteiger partial charge on any atom is -0.479 e. The molecule has 2 atom stereocenters. The number of anilines is 2. The van der Waals surface area contributed by atoms with Gasteiger partial charge in [0.1, 0.15) is 11.9 Å². The molecule has 1 aromatic carbocycles. The van der Waals surface area contributed by atoms with Crippen LogP contribution in [0.4, 0.5) is 11.4 Å². The van der Waals surface area contributed by atoms with E-state index in [2.05, 4.69) is 10.2 Å². The maximum atomic E-state index is 12.8. The van der Waals surface area contributed by atoms with Gasteiger partial charge in [-0.15, -0.1) is 0 Å². The summed E-state index contributed by atoms with van der Waals surface area (Å²) in [6.45, 7) is 6.09. The van der Waals surface area contributed by atoms with Crippen molar-refractivity contribution >= 4 is 23.2 Å². The van der Waals surface area contributed by atoms with Crippen LogP contribution in [-0.4, -0.2) is 61.7 Å². The Morgan fingerprint density at radius 3 is 2.75 bits per heavy atom. The predicted octanol–water partition coefficient (Wildman–Crippen LogP) is 2.40. The molecule has 4 rings (SSSR count). The summed E-state index contributed by atoms with van der Waals surface area (Å²) in [4.78, 5) is 29.4. The van der Waals surface area contributed by atoms with Crippen LogP contribution in [0.5, 0.6) is 5.75 Å². The number of ether oxygens (including phenoxy) is 2. The van der Waals surface area contributed by atoms with E-state index in [4.69, 9.17) is 9.47 Å². The van der Waals surface area contributed by atoms with Gasteiger partial charge in [-0.1, -0.05) is 6.42 Å². The van der Waals surface area contributed by atoms with Crippen molar-refractivity contribution in [2.75, 3.05) is 43.0 Å². The maximum Gasteiger partial charge on any atom is 0.267 e. The number of hydrogen-bond donors (Lipinski definition) is 1. The molecule has 2 saturated heterocycles. The van der Waals surface area contributed by atoms with Crippen molar-refractivity contribution < 1.29 is 19.1 Å². The Morgan fingerprint density at radius 2 is 2.00 bits per heavy atom. The van der Waals surface area contributed by atoms with E-state index in [0.717, 1.165) is 38.2 Å². The molecule has 7 heteroatoms. The average Bonchev–Trinajstić information content (AvgIpc) is 3.25. The van der Waals surface area contributed by atoms with E-state index < -0.39 is 6.10 Å². The third-order valence-corrected chi connectivity index (χ3v) is 5.75. The molecule has 28 heavy (non-hydrogen) atoms. The number of nitrogens with zero attached hydrogens (tertiary/aromatic N) is 2. The quantitative estimate of drug-likeness (QED) is 0.840. The Hall–Kier alpha value is -2.12. The van der Waals surface area contributed by atoms with E-state index in [1.807, 2.05) is 18.2 Å². The summed E-state index contributed by atoms with van der Waals surface area (Å²) in [5.41, 5.74) is 1.39. The topological polar surface area (TPSA) is 71.1 Å². The fourth-order valence-corrected chi connectivity index (χ4v) is 4.15. The molecule has 1 aromatic rings. The van der Waals surface area contributed by atoms with Gasteiger partial charge < -0.3 is 24.6 Å². The molecule has 0 radical (unpaired) electrons. The van der Waals surface area contributed by atoms with Crippen molar-refractivity contribution in [3.8, 4) is 5.75 Å². The van der Waals surface area contributed by atoms with E-state index in [0.29, 0.717) is 24.6 Å². The number of nitrogens with one attached hydrogen (secondary N) is 1. The number of likely N-dealkylation sites (tertiary alicyclic amines) is 1. The van der Waals surface area contributed by atoms with E-state index in [1.165, 1.54) is 19.3 Å². The Balaban J connectivity index is 1.49. The summed E-state index contributed by atoms with van der Waals surface area (Å²) in [7, 11) is 0. The van der Waals surface area contributed by atoms with Crippen LogP contribution in [-0.2, 0) is 14.3 Å². The molecular formula is C21H29N3O4. The van der Waals surface area contributed by atoms with Crippen molar-refractivity contribution in [2.24, 2.45) is 0 Å². The minimum atomic E-state index is -0.499. The standard InChI is InChI=1S/C21H29N3O4/c1-15-21(26)24(12-11-23-9-3-2-4-10-23)17-14-16(7-8-18(17)28-15)22-20(25)19-6-5-13-27-19/h7-8,14-15,19H,2-6,9-13H2,1H3,(H,22,25). The van der Waals surface area contributed by atoms with Gasteiger partial charge in [-0.3, -0.25) is 9.59 Å². The van der Waals surface area contributed by atoms with Crippen molar-refractivity contribution in [3.05, 3.63) is 18.2 Å². The highest BCUT2D eigenvalue weighted by atomic mass is 16.5. The van der Waals surface area contributed by atoms with Crippen molar-refractivity contribution in [1.29, 1.82) is 0 Å². The second-order valence-corrected chi connectivity index (χ2v) is 7.83. The molecule has 0 aliphatic carbocycles. The van der Waals surface area contributed by atoms with Gasteiger partial charge in [0.05, 0.1) is 5.69 Å². The van der Waals surface area contributed by atoms with E-state index in [-0.39, 0.29) is 17.9 Å². The van der Waals surface area contributed by atoms with Crippen LogP contribution in [0.2, 0.25) is 0 Å². The van der Waals surface area contributed by atoms with Gasteiger partial charge in [-0.2, -0.15) is 0 Å². The molecule has 152 valence electrons. The van der Waals surface area contributed by atoms with Crippen LogP contribution in [0, 0.1) is 0 Å². The SMILES string of the molecule is CC1Oc2ccc(NC(=O)C3CCCO3)cc2N(CCN2CCCCC2)C1=O. The summed E-state index contributed by atoms with van der Waals surface area (Å²) in [5.74, 6) is 0.515. The van der Waals surface area contributed by atoms with Gasteiger partial charge in [0.15, 0.2) is 6.10 Å². The number of amides is 2. The van der Waals surface area contributed by atoms with Gasteiger partial charge in [0, 0.05) is 25.4 Å². The molecule has 0 aromatic heterocycles. The smallest absolute Gasteiger partial charge is 0.267 e. The highest BCUT2D eigenvalue weighted by molar-refractivity contribution is 6.01. The summed E-state index contributed by atoms with van der Waals surface area (Å²) in [5, 5.41) is 2.92. The first kappa shape index (κ1) is 19.2. The van der Waals surface area contributed by atoms with Gasteiger partial charge in [0.25, 0.3) is 11.8 Å². The molecule has 0 spiro atoms. The summed E-state index contributed by atoms with van der Waals surface area (Å²) in [6, 6.07) is 5.48. The molecule has 2 amide bonds. The first-order chi connectivity index (χ1) is 13.6. The Kier molecular flexibility index (Phi) is 5.82. The van der Waals surface area contributed by atoms with E-state index in [9.17, 15) is 9.59 Å². The number of piperidine rings is 1. The zero-order valence-corrected chi connectivity index (χ0v) is 16.5. The predicted molar refractivity (Wildman–Crippen MR) is 107 cm³/mol. The highest BCUT2D eigenvalue weighted by Gasteiger charge is 2.32. The lowest BCUT2D eigenvalue weighted by atomic mass is 10.1. The normalized spacial score (nSPS) is 25.3. The lowest BCUT2D eigenvalue weighted by Crippen LogP contribution is -2.48. The second-order valence-electron chi connectivity index (χ2n) is 7.83. The lowest BCUT2D eigenvalue weighted by molar-refractivity contribution is -0.125. The number of carbonyl (C=O) groups is 2. The molecule has 3 aliphatic rings.